The van der Waals surface area contributed by atoms with E-state index >= 15 is 0 Å². The number of phosphoric ester groups is 2. The fourth-order valence-electron chi connectivity index (χ4n) is 10.4. The van der Waals surface area contributed by atoms with Crippen LogP contribution in [0, 0.1) is 0 Å². The molecule has 0 saturated carbocycles. The molecule has 0 saturated heterocycles. The van der Waals surface area contributed by atoms with Gasteiger partial charge in [-0.1, -0.05) is 277 Å². The Morgan fingerprint density at radius 2 is 0.510 bits per heavy atom. The Morgan fingerprint density at radius 1 is 0.279 bits per heavy atom. The van der Waals surface area contributed by atoms with E-state index < -0.39 is 97.5 Å². The van der Waals surface area contributed by atoms with E-state index in [1.54, 1.807) is 0 Å². The SMILES string of the molecule is CC/C=C\C/C=C\C/C=C\C/C=C\C/C=C\CCCCCC(=O)OCC(COP(=O)(O)OCC(O)COP(=O)(O)OCC(COC(=O)CCCCCCC/C=C\CCCCCCCC)OC(=O)CCCCCCC/C=C\CCCC)OC(=O)CCCCCCCC/C=C\C/C=C\C/C=C\C/C=C\CC. The smallest absolute Gasteiger partial charge is 0.462 e. The zero-order valence-corrected chi connectivity index (χ0v) is 66.9. The molecule has 0 amide bonds. The fourth-order valence-corrected chi connectivity index (χ4v) is 12.0. The molecule has 104 heavy (non-hydrogen) atoms. The van der Waals surface area contributed by atoms with Crippen molar-refractivity contribution in [3.05, 3.63) is 134 Å². The van der Waals surface area contributed by atoms with Gasteiger partial charge in [-0.2, -0.15) is 0 Å². The number of allylic oxidation sites excluding steroid dienone is 22. The number of rotatable bonds is 75. The van der Waals surface area contributed by atoms with Crippen molar-refractivity contribution in [2.24, 2.45) is 0 Å². The average molecular weight is 1500 g/mol. The Kier molecular flexibility index (Phi) is 72.9. The number of hydrogen-bond acceptors (Lipinski definition) is 15. The average Bonchev–Trinajstić information content (AvgIpc) is 0.928. The molecular weight excluding hydrogens is 1350 g/mol. The molecule has 0 spiro atoms. The number of carbonyl (C=O) groups excluding carboxylic acids is 4. The van der Waals surface area contributed by atoms with Crippen LogP contribution in [0.15, 0.2) is 134 Å². The Balaban J connectivity index is 5.40. The first-order chi connectivity index (χ1) is 50.7. The molecule has 3 N–H and O–H groups in total. The van der Waals surface area contributed by atoms with Crippen LogP contribution in [0.5, 0.6) is 0 Å². The standard InChI is InChI=1S/C85H144O17P2/c1-5-9-13-17-21-25-29-32-35-37-39-41-44-47-51-54-58-62-66-70-83(88)96-76-81(102-85(90)72-68-64-60-56-52-48-45-42-40-38-36-33-30-26-22-18-14-10-6-2)78-100-104(93,94)98-74-79(86)73-97-103(91,92)99-77-80(101-84(89)71-67-63-59-55-49-28-24-20-16-12-8-4)75-95-82(87)69-65-61-57-53-50-46-43-34-31-27-23-19-15-11-7-3/h9-10,13-14,20-22,24-26,32-36,39-43,47,51,79-81,86H,5-8,11-12,15-19,23,27-31,37-38,44-46,48-50,52-78H2,1-4H3,(H,91,92)(H,93,94)/b13-9-,14-10-,24-20-,25-21-,26-22-,35-32-,36-33-,41-39-,42-40-,43-34-,51-47-. The Bertz CT molecular complexity index is 2490. The third kappa shape index (κ3) is 75.4. The first kappa shape index (κ1) is 99.2. The number of hydrogen-bond donors (Lipinski definition) is 3. The Hall–Kier alpha value is -4.80. The van der Waals surface area contributed by atoms with Gasteiger partial charge < -0.3 is 33.8 Å². The number of esters is 4. The van der Waals surface area contributed by atoms with Gasteiger partial charge in [0.15, 0.2) is 12.2 Å². The third-order valence-corrected chi connectivity index (χ3v) is 18.5. The first-order valence-electron chi connectivity index (χ1n) is 40.4. The number of unbranched alkanes of at least 4 members (excludes halogenated alkanes) is 27. The maximum Gasteiger partial charge on any atom is 0.472 e. The van der Waals surface area contributed by atoms with E-state index in [1.807, 2.05) is 0 Å². The van der Waals surface area contributed by atoms with Crippen LogP contribution in [0.25, 0.3) is 0 Å². The summed E-state index contributed by atoms with van der Waals surface area (Å²) in [5, 5.41) is 10.6. The Labute approximate surface area is 631 Å². The topological polar surface area (TPSA) is 237 Å². The molecule has 0 heterocycles. The first-order valence-corrected chi connectivity index (χ1v) is 43.4. The zero-order valence-electron chi connectivity index (χ0n) is 65.2. The van der Waals surface area contributed by atoms with Gasteiger partial charge in [-0.25, -0.2) is 9.13 Å². The second kappa shape index (κ2) is 76.4. The summed E-state index contributed by atoms with van der Waals surface area (Å²) in [4.78, 5) is 73.0. The van der Waals surface area contributed by atoms with E-state index in [4.69, 9.17) is 37.0 Å². The van der Waals surface area contributed by atoms with Crippen molar-refractivity contribution in [2.45, 2.75) is 341 Å². The van der Waals surface area contributed by atoms with E-state index in [-0.39, 0.29) is 25.7 Å². The molecule has 0 aromatic rings. The van der Waals surface area contributed by atoms with Crippen LogP contribution in [0.3, 0.4) is 0 Å². The Morgan fingerprint density at radius 3 is 0.817 bits per heavy atom. The molecule has 0 radical (unpaired) electrons. The summed E-state index contributed by atoms with van der Waals surface area (Å²) in [6, 6.07) is 0. The number of carbonyl (C=O) groups is 4. The van der Waals surface area contributed by atoms with Gasteiger partial charge in [-0.15, -0.1) is 0 Å². The molecule has 0 rings (SSSR count). The zero-order chi connectivity index (χ0) is 76.0. The molecule has 0 aromatic carbocycles. The lowest BCUT2D eigenvalue weighted by atomic mass is 10.1. The maximum atomic E-state index is 13.1. The van der Waals surface area contributed by atoms with E-state index in [0.29, 0.717) is 25.7 Å². The number of ether oxygens (including phenoxy) is 4. The van der Waals surface area contributed by atoms with Crippen LogP contribution in [0.4, 0.5) is 0 Å². The minimum Gasteiger partial charge on any atom is -0.462 e. The highest BCUT2D eigenvalue weighted by Crippen LogP contribution is 2.45. The minimum absolute atomic E-state index is 0.0672. The molecule has 17 nitrogen and oxygen atoms in total. The van der Waals surface area contributed by atoms with Gasteiger partial charge in [0.05, 0.1) is 26.4 Å². The lowest BCUT2D eigenvalue weighted by Gasteiger charge is -2.21. The summed E-state index contributed by atoms with van der Waals surface area (Å²) in [5.41, 5.74) is 0. The van der Waals surface area contributed by atoms with Gasteiger partial charge in [0.1, 0.15) is 19.3 Å². The van der Waals surface area contributed by atoms with Crippen molar-refractivity contribution in [1.82, 2.24) is 0 Å². The number of phosphoric acid groups is 2. The molecule has 19 heteroatoms. The van der Waals surface area contributed by atoms with Crippen molar-refractivity contribution < 1.29 is 80.2 Å². The predicted molar refractivity (Wildman–Crippen MR) is 427 cm³/mol. The monoisotopic (exact) mass is 1500 g/mol. The van der Waals surface area contributed by atoms with Crippen molar-refractivity contribution in [3.63, 3.8) is 0 Å². The van der Waals surface area contributed by atoms with Gasteiger partial charge in [0.25, 0.3) is 0 Å². The molecule has 0 aliphatic carbocycles. The lowest BCUT2D eigenvalue weighted by Crippen LogP contribution is -2.30. The van der Waals surface area contributed by atoms with Gasteiger partial charge in [0, 0.05) is 25.7 Å². The van der Waals surface area contributed by atoms with E-state index in [0.717, 1.165) is 193 Å². The maximum absolute atomic E-state index is 13.1. The second-order valence-electron chi connectivity index (χ2n) is 26.6. The van der Waals surface area contributed by atoms with Crippen LogP contribution in [0.1, 0.15) is 323 Å². The van der Waals surface area contributed by atoms with Gasteiger partial charge in [-0.3, -0.25) is 37.3 Å². The summed E-state index contributed by atoms with van der Waals surface area (Å²) in [5.74, 6) is -2.24. The normalized spacial score (nSPS) is 14.6. The molecule has 0 aromatic heterocycles. The van der Waals surface area contributed by atoms with E-state index in [9.17, 15) is 43.2 Å². The lowest BCUT2D eigenvalue weighted by molar-refractivity contribution is -0.161. The molecule has 0 fully saturated rings. The summed E-state index contributed by atoms with van der Waals surface area (Å²) in [7, 11) is -9.98. The fraction of sp³-hybridized carbons (Fsp3) is 0.694. The van der Waals surface area contributed by atoms with Gasteiger partial charge in [-0.05, 0) is 154 Å². The van der Waals surface area contributed by atoms with Crippen molar-refractivity contribution >= 4 is 39.5 Å². The molecule has 5 unspecified atom stereocenters. The molecular formula is C85H144O17P2. The summed E-state index contributed by atoms with van der Waals surface area (Å²) < 4.78 is 68.6. The highest BCUT2D eigenvalue weighted by molar-refractivity contribution is 7.47. The molecule has 0 aliphatic heterocycles. The van der Waals surface area contributed by atoms with Crippen LogP contribution < -0.4 is 0 Å². The highest BCUT2D eigenvalue weighted by atomic mass is 31.2. The third-order valence-electron chi connectivity index (χ3n) is 16.6. The van der Waals surface area contributed by atoms with Crippen LogP contribution >= 0.6 is 15.6 Å². The van der Waals surface area contributed by atoms with Crippen molar-refractivity contribution in [2.75, 3.05) is 39.6 Å². The quantitative estimate of drug-likeness (QED) is 0.0169. The van der Waals surface area contributed by atoms with Crippen molar-refractivity contribution in [3.8, 4) is 0 Å². The largest absolute Gasteiger partial charge is 0.472 e. The summed E-state index contributed by atoms with van der Waals surface area (Å²) in [6.45, 7) is 4.55. The molecule has 0 bridgehead atoms. The minimum atomic E-state index is -4.99. The highest BCUT2D eigenvalue weighted by Gasteiger charge is 2.30. The molecule has 5 atom stereocenters. The van der Waals surface area contributed by atoms with E-state index in [2.05, 4.69) is 161 Å². The number of aliphatic hydroxyl groups is 1. The van der Waals surface area contributed by atoms with Crippen LogP contribution in [0.2, 0.25) is 0 Å². The van der Waals surface area contributed by atoms with Crippen LogP contribution in [-0.4, -0.2) is 96.7 Å². The predicted octanol–water partition coefficient (Wildman–Crippen LogP) is 23.7. The number of aliphatic hydroxyl groups excluding tert-OH is 1. The second-order valence-corrected chi connectivity index (χ2v) is 29.5. The van der Waals surface area contributed by atoms with Crippen molar-refractivity contribution in [1.29, 1.82) is 0 Å². The molecule has 596 valence electrons. The molecule has 0 aliphatic rings. The van der Waals surface area contributed by atoms with Gasteiger partial charge >= 0.3 is 39.5 Å². The summed E-state index contributed by atoms with van der Waals surface area (Å²) in [6.07, 6.45) is 85.7. The van der Waals surface area contributed by atoms with Crippen LogP contribution in [-0.2, 0) is 65.4 Å². The van der Waals surface area contributed by atoms with Gasteiger partial charge in [0.2, 0.25) is 0 Å². The summed E-state index contributed by atoms with van der Waals surface area (Å²) >= 11 is 0. The van der Waals surface area contributed by atoms with E-state index in [1.165, 1.54) is 51.4 Å².